The lowest BCUT2D eigenvalue weighted by Crippen LogP contribution is -2.09. The third-order valence-electron chi connectivity index (χ3n) is 2.66. The van der Waals surface area contributed by atoms with Gasteiger partial charge in [0.25, 0.3) is 0 Å². The molecule has 1 aromatic carbocycles. The molecule has 0 aliphatic heterocycles. The van der Waals surface area contributed by atoms with Gasteiger partial charge in [0.05, 0.1) is 25.7 Å². The van der Waals surface area contributed by atoms with E-state index in [2.05, 4.69) is 6.07 Å². The number of carbonyl (C=O) groups excluding carboxylic acids is 1. The lowest BCUT2D eigenvalue weighted by molar-refractivity contribution is -0.142. The van der Waals surface area contributed by atoms with Crippen LogP contribution >= 0.6 is 0 Å². The number of nitriles is 1. The number of esters is 1. The Bertz CT molecular complexity index is 475. The van der Waals surface area contributed by atoms with Crippen LogP contribution < -0.4 is 4.74 Å². The van der Waals surface area contributed by atoms with Crippen molar-refractivity contribution in [3.05, 3.63) is 28.8 Å². The maximum atomic E-state index is 11.5. The van der Waals surface area contributed by atoms with Crippen LogP contribution in [0.5, 0.6) is 5.75 Å². The summed E-state index contributed by atoms with van der Waals surface area (Å²) in [6.07, 6.45) is 0.870. The van der Waals surface area contributed by atoms with E-state index in [9.17, 15) is 10.1 Å². The highest BCUT2D eigenvalue weighted by Crippen LogP contribution is 2.27. The Morgan fingerprint density at radius 1 is 1.33 bits per heavy atom. The summed E-state index contributed by atoms with van der Waals surface area (Å²) in [4.78, 5) is 11.5. The summed E-state index contributed by atoms with van der Waals surface area (Å²) in [6, 6.07) is 5.78. The summed E-state index contributed by atoms with van der Waals surface area (Å²) in [5, 5.41) is 9.21. The molecule has 0 radical (unpaired) electrons. The highest BCUT2D eigenvalue weighted by atomic mass is 16.5. The quantitative estimate of drug-likeness (QED) is 0.749. The van der Waals surface area contributed by atoms with Gasteiger partial charge in [0, 0.05) is 0 Å². The lowest BCUT2D eigenvalue weighted by atomic mass is 9.99. The van der Waals surface area contributed by atoms with Crippen molar-refractivity contribution in [3.63, 3.8) is 0 Å². The number of benzene rings is 1. The van der Waals surface area contributed by atoms with Crippen LogP contribution in [0.15, 0.2) is 12.1 Å². The number of rotatable bonds is 5. The minimum atomic E-state index is -0.333. The van der Waals surface area contributed by atoms with Crippen molar-refractivity contribution in [2.75, 3.05) is 13.7 Å². The van der Waals surface area contributed by atoms with Gasteiger partial charge in [-0.15, -0.1) is 0 Å². The average Bonchev–Trinajstić information content (AvgIpc) is 2.38. The fourth-order valence-electron chi connectivity index (χ4n) is 1.82. The highest BCUT2D eigenvalue weighted by Gasteiger charge is 2.15. The molecule has 4 nitrogen and oxygen atoms in total. The SMILES string of the molecule is CCOC(=O)Cc1ccc(CC)c(OC)c1C#N. The molecule has 0 aromatic heterocycles. The van der Waals surface area contributed by atoms with E-state index >= 15 is 0 Å². The standard InChI is InChI=1S/C14H17NO3/c1-4-10-6-7-11(8-13(16)18-5-2)12(9-15)14(10)17-3/h6-7H,4-5,8H2,1-3H3. The second-order valence-corrected chi connectivity index (χ2v) is 3.74. The van der Waals surface area contributed by atoms with E-state index in [0.29, 0.717) is 23.5 Å². The Balaban J connectivity index is 3.14. The van der Waals surface area contributed by atoms with Crippen molar-refractivity contribution < 1.29 is 14.3 Å². The van der Waals surface area contributed by atoms with Gasteiger partial charge in [0.15, 0.2) is 0 Å². The third kappa shape index (κ3) is 3.01. The van der Waals surface area contributed by atoms with Crippen LogP contribution in [-0.2, 0) is 22.4 Å². The molecule has 0 fully saturated rings. The zero-order valence-electron chi connectivity index (χ0n) is 10.9. The Hall–Kier alpha value is -2.02. The normalized spacial score (nSPS) is 9.67. The van der Waals surface area contributed by atoms with E-state index in [1.54, 1.807) is 13.0 Å². The monoisotopic (exact) mass is 247 g/mol. The second kappa shape index (κ2) is 6.65. The summed E-state index contributed by atoms with van der Waals surface area (Å²) in [5.74, 6) is 0.224. The summed E-state index contributed by atoms with van der Waals surface area (Å²) >= 11 is 0. The molecule has 0 spiro atoms. The fourth-order valence-corrected chi connectivity index (χ4v) is 1.82. The smallest absolute Gasteiger partial charge is 0.310 e. The van der Waals surface area contributed by atoms with Gasteiger partial charge in [-0.2, -0.15) is 5.26 Å². The zero-order chi connectivity index (χ0) is 13.5. The van der Waals surface area contributed by atoms with Gasteiger partial charge in [-0.3, -0.25) is 4.79 Å². The Morgan fingerprint density at radius 2 is 2.00 bits per heavy atom. The summed E-state index contributed by atoms with van der Waals surface area (Å²) < 4.78 is 10.2. The van der Waals surface area contributed by atoms with Crippen LogP contribution in [0.4, 0.5) is 0 Å². The Kier molecular flexibility index (Phi) is 5.19. The van der Waals surface area contributed by atoms with Crippen molar-refractivity contribution in [2.45, 2.75) is 26.7 Å². The molecular weight excluding hydrogens is 230 g/mol. The van der Waals surface area contributed by atoms with E-state index in [0.717, 1.165) is 12.0 Å². The van der Waals surface area contributed by atoms with E-state index in [1.807, 2.05) is 13.0 Å². The first-order chi connectivity index (χ1) is 8.67. The minimum Gasteiger partial charge on any atom is -0.495 e. The molecule has 18 heavy (non-hydrogen) atoms. The molecule has 0 aliphatic rings. The summed E-state index contributed by atoms with van der Waals surface area (Å²) in [7, 11) is 1.53. The zero-order valence-corrected chi connectivity index (χ0v) is 10.9. The van der Waals surface area contributed by atoms with Gasteiger partial charge in [0.1, 0.15) is 11.8 Å². The van der Waals surface area contributed by atoms with Crippen LogP contribution in [0.1, 0.15) is 30.5 Å². The molecular formula is C14H17NO3. The fraction of sp³-hybridized carbons (Fsp3) is 0.429. The van der Waals surface area contributed by atoms with E-state index < -0.39 is 0 Å². The molecule has 0 saturated carbocycles. The number of hydrogen-bond donors (Lipinski definition) is 0. The molecule has 0 unspecified atom stereocenters. The molecule has 0 bridgehead atoms. The molecule has 96 valence electrons. The number of carbonyl (C=O) groups is 1. The number of nitrogens with zero attached hydrogens (tertiary/aromatic N) is 1. The van der Waals surface area contributed by atoms with Crippen molar-refractivity contribution in [2.24, 2.45) is 0 Å². The van der Waals surface area contributed by atoms with E-state index in [1.165, 1.54) is 7.11 Å². The molecule has 0 atom stereocenters. The van der Waals surface area contributed by atoms with Gasteiger partial charge in [-0.1, -0.05) is 19.1 Å². The molecule has 4 heteroatoms. The predicted molar refractivity (Wildman–Crippen MR) is 67.4 cm³/mol. The second-order valence-electron chi connectivity index (χ2n) is 3.74. The number of ether oxygens (including phenoxy) is 2. The summed E-state index contributed by atoms with van der Waals surface area (Å²) in [5.41, 5.74) is 2.02. The molecule has 1 aromatic rings. The number of aryl methyl sites for hydroxylation is 1. The first-order valence-corrected chi connectivity index (χ1v) is 5.92. The maximum absolute atomic E-state index is 11.5. The molecule has 0 heterocycles. The Morgan fingerprint density at radius 3 is 2.50 bits per heavy atom. The first-order valence-electron chi connectivity index (χ1n) is 5.92. The maximum Gasteiger partial charge on any atom is 0.310 e. The number of hydrogen-bond acceptors (Lipinski definition) is 4. The van der Waals surface area contributed by atoms with Crippen molar-refractivity contribution in [1.29, 1.82) is 5.26 Å². The van der Waals surface area contributed by atoms with E-state index in [4.69, 9.17) is 9.47 Å². The van der Waals surface area contributed by atoms with Gasteiger partial charge in [0.2, 0.25) is 0 Å². The highest BCUT2D eigenvalue weighted by molar-refractivity contribution is 5.74. The van der Waals surface area contributed by atoms with Gasteiger partial charge in [-0.05, 0) is 24.5 Å². The van der Waals surface area contributed by atoms with Crippen LogP contribution in [0.2, 0.25) is 0 Å². The van der Waals surface area contributed by atoms with Gasteiger partial charge >= 0.3 is 5.97 Å². The topological polar surface area (TPSA) is 59.3 Å². The van der Waals surface area contributed by atoms with Gasteiger partial charge < -0.3 is 9.47 Å². The Labute approximate surface area is 107 Å². The molecule has 0 amide bonds. The van der Waals surface area contributed by atoms with E-state index in [-0.39, 0.29) is 12.4 Å². The van der Waals surface area contributed by atoms with Crippen molar-refractivity contribution in [1.82, 2.24) is 0 Å². The van der Waals surface area contributed by atoms with Gasteiger partial charge in [-0.25, -0.2) is 0 Å². The number of methoxy groups -OCH3 is 1. The van der Waals surface area contributed by atoms with Crippen LogP contribution in [0.3, 0.4) is 0 Å². The van der Waals surface area contributed by atoms with Crippen LogP contribution in [-0.4, -0.2) is 19.7 Å². The largest absolute Gasteiger partial charge is 0.495 e. The van der Waals surface area contributed by atoms with Crippen LogP contribution in [0.25, 0.3) is 0 Å². The average molecular weight is 247 g/mol. The lowest BCUT2D eigenvalue weighted by Gasteiger charge is -2.12. The summed E-state index contributed by atoms with van der Waals surface area (Å²) in [6.45, 7) is 4.08. The predicted octanol–water partition coefficient (Wildman–Crippen LogP) is 2.23. The van der Waals surface area contributed by atoms with Crippen molar-refractivity contribution >= 4 is 5.97 Å². The van der Waals surface area contributed by atoms with Crippen molar-refractivity contribution in [3.8, 4) is 11.8 Å². The molecule has 0 N–H and O–H groups in total. The molecule has 1 rings (SSSR count). The molecule has 0 aliphatic carbocycles. The minimum absolute atomic E-state index is 0.0943. The third-order valence-corrected chi connectivity index (χ3v) is 2.66. The van der Waals surface area contributed by atoms with Crippen LogP contribution in [0, 0.1) is 11.3 Å². The molecule has 0 saturated heterocycles. The first kappa shape index (κ1) is 14.0.